The zero-order valence-corrected chi connectivity index (χ0v) is 18.1. The van der Waals surface area contributed by atoms with E-state index in [0.29, 0.717) is 11.7 Å². The molecule has 0 spiro atoms. The molecule has 0 fully saturated rings. The minimum Gasteiger partial charge on any atom is -0.494 e. The fourth-order valence-corrected chi connectivity index (χ4v) is 3.59. The van der Waals surface area contributed by atoms with Crippen molar-refractivity contribution in [1.29, 1.82) is 0 Å². The van der Waals surface area contributed by atoms with Gasteiger partial charge in [-0.3, -0.25) is 10.1 Å². The highest BCUT2D eigenvalue weighted by atomic mass is 32.1. The highest BCUT2D eigenvalue weighted by Gasteiger charge is 2.11. The Morgan fingerprint density at radius 1 is 1.10 bits per heavy atom. The molecule has 0 atom stereocenters. The first-order valence-corrected chi connectivity index (χ1v) is 10.5. The Balaban J connectivity index is 1.58. The van der Waals surface area contributed by atoms with Gasteiger partial charge in [-0.2, -0.15) is 0 Å². The van der Waals surface area contributed by atoms with Crippen LogP contribution in [0, 0.1) is 20.8 Å². The van der Waals surface area contributed by atoms with E-state index in [4.69, 9.17) is 9.47 Å². The van der Waals surface area contributed by atoms with Gasteiger partial charge in [0.1, 0.15) is 11.5 Å². The Hall–Kier alpha value is -2.86. The lowest BCUT2D eigenvalue weighted by atomic mass is 10.1. The number of amides is 1. The van der Waals surface area contributed by atoms with Gasteiger partial charge in [0.2, 0.25) is 0 Å². The summed E-state index contributed by atoms with van der Waals surface area (Å²) in [7, 11) is 0. The van der Waals surface area contributed by atoms with Gasteiger partial charge >= 0.3 is 0 Å². The third-order valence-electron chi connectivity index (χ3n) is 4.50. The number of aryl methyl sites for hydroxylation is 2. The molecule has 0 saturated carbocycles. The number of thiazole rings is 1. The lowest BCUT2D eigenvalue weighted by molar-refractivity contribution is -0.118. The molecule has 3 aromatic rings. The molecule has 0 radical (unpaired) electrons. The summed E-state index contributed by atoms with van der Waals surface area (Å²) in [5.74, 6) is 1.36. The topological polar surface area (TPSA) is 60.5 Å². The van der Waals surface area contributed by atoms with Crippen LogP contribution in [0.3, 0.4) is 0 Å². The van der Waals surface area contributed by atoms with Crippen LogP contribution >= 0.6 is 11.3 Å². The molecule has 0 aliphatic heterocycles. The van der Waals surface area contributed by atoms with Crippen LogP contribution in [-0.4, -0.2) is 24.1 Å². The molecule has 29 heavy (non-hydrogen) atoms. The molecule has 3 rings (SSSR count). The van der Waals surface area contributed by atoms with Crippen LogP contribution in [0.2, 0.25) is 0 Å². The number of anilines is 1. The first-order valence-electron chi connectivity index (χ1n) is 9.65. The van der Waals surface area contributed by atoms with E-state index in [9.17, 15) is 4.79 Å². The smallest absolute Gasteiger partial charge is 0.264 e. The van der Waals surface area contributed by atoms with Crippen molar-refractivity contribution in [2.75, 3.05) is 18.5 Å². The predicted octanol–water partition coefficient (Wildman–Crippen LogP) is 5.54. The largest absolute Gasteiger partial charge is 0.494 e. The molecule has 1 aromatic heterocycles. The average molecular weight is 411 g/mol. The Morgan fingerprint density at radius 3 is 2.59 bits per heavy atom. The molecule has 2 aromatic carbocycles. The third kappa shape index (κ3) is 5.57. The van der Waals surface area contributed by atoms with E-state index >= 15 is 0 Å². The minimum atomic E-state index is -0.229. The maximum absolute atomic E-state index is 12.3. The predicted molar refractivity (Wildman–Crippen MR) is 118 cm³/mol. The summed E-state index contributed by atoms with van der Waals surface area (Å²) in [4.78, 5) is 16.8. The van der Waals surface area contributed by atoms with E-state index in [-0.39, 0.29) is 12.5 Å². The first kappa shape index (κ1) is 20.9. The van der Waals surface area contributed by atoms with Crippen molar-refractivity contribution in [3.05, 3.63) is 58.5 Å². The van der Waals surface area contributed by atoms with Gasteiger partial charge < -0.3 is 9.47 Å². The number of carbonyl (C=O) groups is 1. The van der Waals surface area contributed by atoms with Crippen molar-refractivity contribution in [1.82, 2.24) is 4.98 Å². The number of nitrogens with zero attached hydrogens (tertiary/aromatic N) is 1. The van der Waals surface area contributed by atoms with Gasteiger partial charge in [0.15, 0.2) is 11.7 Å². The number of ether oxygens (including phenoxy) is 2. The molecule has 1 N–H and O–H groups in total. The van der Waals surface area contributed by atoms with Gasteiger partial charge in [-0.05, 0) is 74.2 Å². The highest BCUT2D eigenvalue weighted by molar-refractivity contribution is 7.14. The Labute approximate surface area is 175 Å². The molecule has 0 saturated heterocycles. The van der Waals surface area contributed by atoms with E-state index < -0.39 is 0 Å². The van der Waals surface area contributed by atoms with Gasteiger partial charge in [-0.25, -0.2) is 4.98 Å². The molecular weight excluding hydrogens is 384 g/mol. The van der Waals surface area contributed by atoms with E-state index in [1.165, 1.54) is 11.3 Å². The van der Waals surface area contributed by atoms with Crippen LogP contribution in [0.4, 0.5) is 5.13 Å². The Morgan fingerprint density at radius 2 is 1.86 bits per heavy atom. The maximum Gasteiger partial charge on any atom is 0.264 e. The number of benzene rings is 2. The summed E-state index contributed by atoms with van der Waals surface area (Å²) in [6, 6.07) is 11.9. The van der Waals surface area contributed by atoms with Crippen molar-refractivity contribution < 1.29 is 14.3 Å². The number of hydrogen-bond donors (Lipinski definition) is 1. The molecule has 1 amide bonds. The standard InChI is InChI=1S/C23H26N2O3S/c1-5-10-27-19-8-6-18(7-9-19)20-14-29-23(24-20)25-22(26)13-28-21-12-15(2)11-16(3)17(21)4/h6-9,11-12,14H,5,10,13H2,1-4H3,(H,24,25,26). The molecule has 0 aliphatic rings. The van der Waals surface area contributed by atoms with Crippen molar-refractivity contribution in [3.63, 3.8) is 0 Å². The van der Waals surface area contributed by atoms with Crippen molar-refractivity contribution in [3.8, 4) is 22.8 Å². The van der Waals surface area contributed by atoms with Gasteiger partial charge in [-0.15, -0.1) is 11.3 Å². The average Bonchev–Trinajstić information content (AvgIpc) is 3.16. The monoisotopic (exact) mass is 410 g/mol. The molecule has 6 heteroatoms. The van der Waals surface area contributed by atoms with Crippen molar-refractivity contribution >= 4 is 22.4 Å². The zero-order chi connectivity index (χ0) is 20.8. The van der Waals surface area contributed by atoms with Crippen LogP contribution in [0.15, 0.2) is 41.8 Å². The first-order chi connectivity index (χ1) is 14.0. The van der Waals surface area contributed by atoms with Gasteiger partial charge in [0.25, 0.3) is 5.91 Å². The summed E-state index contributed by atoms with van der Waals surface area (Å²) in [6.07, 6.45) is 0.976. The van der Waals surface area contributed by atoms with E-state index in [1.54, 1.807) is 0 Å². The van der Waals surface area contributed by atoms with Gasteiger partial charge in [-0.1, -0.05) is 13.0 Å². The van der Waals surface area contributed by atoms with Crippen LogP contribution in [0.5, 0.6) is 11.5 Å². The quantitative estimate of drug-likeness (QED) is 0.529. The van der Waals surface area contributed by atoms with E-state index in [0.717, 1.165) is 45.9 Å². The molecule has 0 bridgehead atoms. The SMILES string of the molecule is CCCOc1ccc(-c2csc(NC(=O)COc3cc(C)cc(C)c3C)n2)cc1. The fraction of sp³-hybridized carbons (Fsp3) is 0.304. The number of aromatic nitrogens is 1. The van der Waals surface area contributed by atoms with Crippen LogP contribution in [0.1, 0.15) is 30.0 Å². The molecule has 0 unspecified atom stereocenters. The summed E-state index contributed by atoms with van der Waals surface area (Å²) >= 11 is 1.39. The lowest BCUT2D eigenvalue weighted by Crippen LogP contribution is -2.20. The molecular formula is C23H26N2O3S. The summed E-state index contributed by atoms with van der Waals surface area (Å²) in [6.45, 7) is 8.77. The summed E-state index contributed by atoms with van der Waals surface area (Å²) in [5, 5.41) is 5.28. The molecule has 5 nitrogen and oxygen atoms in total. The third-order valence-corrected chi connectivity index (χ3v) is 5.25. The number of nitrogens with one attached hydrogen (secondary N) is 1. The second-order valence-electron chi connectivity index (χ2n) is 6.95. The second kappa shape index (κ2) is 9.56. The van der Waals surface area contributed by atoms with Gasteiger partial charge in [0.05, 0.1) is 12.3 Å². The molecule has 0 aliphatic carbocycles. The van der Waals surface area contributed by atoms with Crippen molar-refractivity contribution in [2.45, 2.75) is 34.1 Å². The number of hydrogen-bond acceptors (Lipinski definition) is 5. The Kier molecular flexibility index (Phi) is 6.88. The van der Waals surface area contributed by atoms with E-state index in [2.05, 4.69) is 23.3 Å². The molecule has 1 heterocycles. The summed E-state index contributed by atoms with van der Waals surface area (Å²) in [5.41, 5.74) is 5.10. The summed E-state index contributed by atoms with van der Waals surface area (Å²) < 4.78 is 11.3. The van der Waals surface area contributed by atoms with Crippen LogP contribution in [-0.2, 0) is 4.79 Å². The van der Waals surface area contributed by atoms with Crippen LogP contribution < -0.4 is 14.8 Å². The number of carbonyl (C=O) groups excluding carboxylic acids is 1. The maximum atomic E-state index is 12.3. The molecule has 152 valence electrons. The highest BCUT2D eigenvalue weighted by Crippen LogP contribution is 2.27. The zero-order valence-electron chi connectivity index (χ0n) is 17.2. The number of rotatable bonds is 8. The lowest BCUT2D eigenvalue weighted by Gasteiger charge is -2.11. The minimum absolute atomic E-state index is 0.0535. The normalized spacial score (nSPS) is 10.6. The van der Waals surface area contributed by atoms with E-state index in [1.807, 2.05) is 56.5 Å². The van der Waals surface area contributed by atoms with Crippen LogP contribution in [0.25, 0.3) is 11.3 Å². The fourth-order valence-electron chi connectivity index (χ4n) is 2.85. The second-order valence-corrected chi connectivity index (χ2v) is 7.81. The van der Waals surface area contributed by atoms with Crippen molar-refractivity contribution in [2.24, 2.45) is 0 Å². The van der Waals surface area contributed by atoms with Gasteiger partial charge in [0, 0.05) is 10.9 Å². The Bertz CT molecular complexity index is 980.